The van der Waals surface area contributed by atoms with Gasteiger partial charge >= 0.3 is 0 Å². The van der Waals surface area contributed by atoms with E-state index in [0.29, 0.717) is 33.5 Å². The van der Waals surface area contributed by atoms with E-state index in [4.69, 9.17) is 25.8 Å². The number of benzene rings is 2. The minimum absolute atomic E-state index is 0.197. The lowest BCUT2D eigenvalue weighted by Crippen LogP contribution is -2.36. The van der Waals surface area contributed by atoms with E-state index in [-0.39, 0.29) is 12.5 Å². The van der Waals surface area contributed by atoms with Gasteiger partial charge in [-0.1, -0.05) is 17.7 Å². The highest BCUT2D eigenvalue weighted by Gasteiger charge is 2.14. The normalized spacial score (nSPS) is 10.9. The zero-order valence-corrected chi connectivity index (χ0v) is 18.6. The van der Waals surface area contributed by atoms with Gasteiger partial charge in [0.25, 0.3) is 5.91 Å². The molecule has 1 heterocycles. The lowest BCUT2D eigenvalue weighted by Gasteiger charge is -2.15. The number of carbonyl (C=O) groups excluding carboxylic acids is 1. The third-order valence-corrected chi connectivity index (χ3v) is 4.62. The smallest absolute Gasteiger partial charge is 0.258 e. The molecular weight excluding hydrogens is 432 g/mol. The number of anilines is 1. The van der Waals surface area contributed by atoms with Crippen LogP contribution in [0.4, 0.5) is 5.69 Å². The Morgan fingerprint density at radius 3 is 2.38 bits per heavy atom. The predicted octanol–water partition coefficient (Wildman–Crippen LogP) is 4.16. The quantitative estimate of drug-likeness (QED) is 0.411. The standard InChI is InChI=1S/C23H23ClN4O4/c1-30-18-10-15(11-19(13-18)31-2)22(29)28-23(26-14-17-6-4-5-9-25-17)27-20-12-16(24)7-8-21(20)32-3/h4-13H,14H2,1-3H3,(H2,26,27,28,29). The van der Waals surface area contributed by atoms with Crippen molar-refractivity contribution in [1.82, 2.24) is 10.3 Å². The average Bonchev–Trinajstić information content (AvgIpc) is 2.82. The van der Waals surface area contributed by atoms with Gasteiger partial charge in [-0.05, 0) is 42.5 Å². The Balaban J connectivity index is 1.90. The average molecular weight is 455 g/mol. The summed E-state index contributed by atoms with van der Waals surface area (Å²) in [6.45, 7) is 0.244. The maximum Gasteiger partial charge on any atom is 0.258 e. The van der Waals surface area contributed by atoms with Gasteiger partial charge in [0.1, 0.15) is 17.2 Å². The van der Waals surface area contributed by atoms with Crippen molar-refractivity contribution >= 4 is 29.2 Å². The summed E-state index contributed by atoms with van der Waals surface area (Å²) >= 11 is 6.14. The summed E-state index contributed by atoms with van der Waals surface area (Å²) in [4.78, 5) is 21.8. The molecule has 0 aliphatic carbocycles. The van der Waals surface area contributed by atoms with Crippen LogP contribution >= 0.6 is 11.6 Å². The molecule has 0 atom stereocenters. The van der Waals surface area contributed by atoms with Gasteiger partial charge in [0.2, 0.25) is 5.96 Å². The highest BCUT2D eigenvalue weighted by atomic mass is 35.5. The zero-order chi connectivity index (χ0) is 22.9. The summed E-state index contributed by atoms with van der Waals surface area (Å²) in [5, 5.41) is 6.37. The summed E-state index contributed by atoms with van der Waals surface area (Å²) in [7, 11) is 4.58. The molecule has 0 radical (unpaired) electrons. The SMILES string of the molecule is COc1cc(OC)cc(C(=O)NC(=NCc2ccccn2)Nc2cc(Cl)ccc2OC)c1. The maximum absolute atomic E-state index is 13.0. The number of ether oxygens (including phenoxy) is 3. The predicted molar refractivity (Wildman–Crippen MR) is 124 cm³/mol. The van der Waals surface area contributed by atoms with Crippen LogP contribution in [-0.2, 0) is 6.54 Å². The number of carbonyl (C=O) groups is 1. The number of nitrogens with zero attached hydrogens (tertiary/aromatic N) is 2. The zero-order valence-electron chi connectivity index (χ0n) is 17.9. The highest BCUT2D eigenvalue weighted by molar-refractivity contribution is 6.31. The number of guanidine groups is 1. The van der Waals surface area contributed by atoms with E-state index in [1.165, 1.54) is 14.2 Å². The fraction of sp³-hybridized carbons (Fsp3) is 0.174. The van der Waals surface area contributed by atoms with Crippen molar-refractivity contribution in [2.45, 2.75) is 6.54 Å². The molecule has 0 spiro atoms. The Morgan fingerprint density at radius 1 is 1.00 bits per heavy atom. The van der Waals surface area contributed by atoms with Crippen molar-refractivity contribution in [3.05, 3.63) is 77.1 Å². The highest BCUT2D eigenvalue weighted by Crippen LogP contribution is 2.28. The molecule has 2 N–H and O–H groups in total. The fourth-order valence-electron chi connectivity index (χ4n) is 2.79. The van der Waals surface area contributed by atoms with E-state index < -0.39 is 5.91 Å². The summed E-state index contributed by atoms with van der Waals surface area (Å²) in [5.74, 6) is 1.31. The molecule has 9 heteroatoms. The minimum Gasteiger partial charge on any atom is -0.497 e. The van der Waals surface area contributed by atoms with Crippen molar-refractivity contribution in [2.75, 3.05) is 26.6 Å². The number of amides is 1. The molecule has 3 rings (SSSR count). The second kappa shape index (κ2) is 11.0. The van der Waals surface area contributed by atoms with E-state index in [0.717, 1.165) is 5.69 Å². The molecule has 166 valence electrons. The summed E-state index contributed by atoms with van der Waals surface area (Å²) < 4.78 is 15.9. The third-order valence-electron chi connectivity index (χ3n) is 4.39. The van der Waals surface area contributed by atoms with Gasteiger partial charge in [-0.2, -0.15) is 0 Å². The van der Waals surface area contributed by atoms with Gasteiger partial charge in [-0.3, -0.25) is 15.1 Å². The topological polar surface area (TPSA) is 94.1 Å². The van der Waals surface area contributed by atoms with Crippen LogP contribution in [0.3, 0.4) is 0 Å². The molecule has 0 saturated carbocycles. The van der Waals surface area contributed by atoms with Crippen LogP contribution in [0.5, 0.6) is 17.2 Å². The molecule has 0 bridgehead atoms. The van der Waals surface area contributed by atoms with E-state index >= 15 is 0 Å². The van der Waals surface area contributed by atoms with Crippen LogP contribution in [0.15, 0.2) is 65.8 Å². The van der Waals surface area contributed by atoms with Gasteiger partial charge < -0.3 is 19.5 Å². The van der Waals surface area contributed by atoms with Gasteiger partial charge in [0.05, 0.1) is 39.3 Å². The maximum atomic E-state index is 13.0. The Bertz CT molecular complexity index is 1080. The first-order valence-electron chi connectivity index (χ1n) is 9.61. The lowest BCUT2D eigenvalue weighted by atomic mass is 10.2. The van der Waals surface area contributed by atoms with Crippen LogP contribution in [0.25, 0.3) is 0 Å². The second-order valence-electron chi connectivity index (χ2n) is 6.51. The molecule has 0 saturated heterocycles. The Hall–Kier alpha value is -3.78. The van der Waals surface area contributed by atoms with Crippen LogP contribution < -0.4 is 24.8 Å². The first-order valence-corrected chi connectivity index (χ1v) is 9.99. The number of aromatic nitrogens is 1. The van der Waals surface area contributed by atoms with Crippen LogP contribution in [-0.4, -0.2) is 38.2 Å². The molecule has 0 aliphatic rings. The van der Waals surface area contributed by atoms with Crippen molar-refractivity contribution in [3.63, 3.8) is 0 Å². The number of aliphatic imine (C=N–C) groups is 1. The molecule has 0 aliphatic heterocycles. The summed E-state index contributed by atoms with van der Waals surface area (Å²) in [6.07, 6.45) is 1.68. The summed E-state index contributed by atoms with van der Waals surface area (Å²) in [5.41, 5.74) is 1.62. The Labute approximate surface area is 191 Å². The number of hydrogen-bond donors (Lipinski definition) is 2. The van der Waals surface area contributed by atoms with Crippen molar-refractivity contribution in [1.29, 1.82) is 0 Å². The van der Waals surface area contributed by atoms with E-state index in [1.807, 2.05) is 18.2 Å². The lowest BCUT2D eigenvalue weighted by molar-refractivity contribution is 0.0976. The largest absolute Gasteiger partial charge is 0.497 e. The van der Waals surface area contributed by atoms with Crippen molar-refractivity contribution in [2.24, 2.45) is 4.99 Å². The monoisotopic (exact) mass is 454 g/mol. The molecular formula is C23H23ClN4O4. The molecule has 8 nitrogen and oxygen atoms in total. The van der Waals surface area contributed by atoms with Gasteiger partial charge in [0, 0.05) is 22.8 Å². The van der Waals surface area contributed by atoms with Crippen LogP contribution in [0.1, 0.15) is 16.1 Å². The minimum atomic E-state index is -0.407. The first-order chi connectivity index (χ1) is 15.5. The van der Waals surface area contributed by atoms with E-state index in [9.17, 15) is 4.79 Å². The number of hydrogen-bond acceptors (Lipinski definition) is 6. The molecule has 0 unspecified atom stereocenters. The summed E-state index contributed by atoms with van der Waals surface area (Å²) in [6, 6.07) is 15.5. The third kappa shape index (κ3) is 6.12. The van der Waals surface area contributed by atoms with Crippen molar-refractivity contribution < 1.29 is 19.0 Å². The number of methoxy groups -OCH3 is 3. The van der Waals surface area contributed by atoms with E-state index in [2.05, 4.69) is 20.6 Å². The molecule has 32 heavy (non-hydrogen) atoms. The number of halogens is 1. The Morgan fingerprint density at radius 2 is 1.75 bits per heavy atom. The van der Waals surface area contributed by atoms with E-state index in [1.54, 1.807) is 49.7 Å². The Kier molecular flexibility index (Phi) is 7.88. The molecule has 0 fully saturated rings. The molecule has 2 aromatic carbocycles. The number of pyridine rings is 1. The van der Waals surface area contributed by atoms with Crippen LogP contribution in [0.2, 0.25) is 5.02 Å². The molecule has 1 amide bonds. The molecule has 1 aromatic heterocycles. The van der Waals surface area contributed by atoms with Gasteiger partial charge in [0.15, 0.2) is 0 Å². The fourth-order valence-corrected chi connectivity index (χ4v) is 2.96. The second-order valence-corrected chi connectivity index (χ2v) is 6.95. The van der Waals surface area contributed by atoms with Crippen molar-refractivity contribution in [3.8, 4) is 17.2 Å². The number of nitrogens with one attached hydrogen (secondary N) is 2. The first kappa shape index (κ1) is 22.9. The van der Waals surface area contributed by atoms with Gasteiger partial charge in [-0.15, -0.1) is 0 Å². The van der Waals surface area contributed by atoms with Crippen LogP contribution in [0, 0.1) is 0 Å². The molecule has 3 aromatic rings. The van der Waals surface area contributed by atoms with Gasteiger partial charge in [-0.25, -0.2) is 4.99 Å². The number of rotatable bonds is 7.